The summed E-state index contributed by atoms with van der Waals surface area (Å²) in [5.74, 6) is -1.97. The fourth-order valence-corrected chi connectivity index (χ4v) is 2.97. The van der Waals surface area contributed by atoms with E-state index in [4.69, 9.17) is 4.74 Å². The highest BCUT2D eigenvalue weighted by atomic mass is 32.2. The van der Waals surface area contributed by atoms with E-state index in [9.17, 15) is 22.8 Å². The SMILES string of the molecule is C.COCC(=O)OC(CCC(=O)NC(C)(C)CS(=O)(=O)OC)C(C)=O.F. The van der Waals surface area contributed by atoms with Gasteiger partial charge in [0.05, 0.1) is 18.4 Å². The lowest BCUT2D eigenvalue weighted by atomic mass is 10.1. The zero-order chi connectivity index (χ0) is 19.0. The van der Waals surface area contributed by atoms with Crippen molar-refractivity contribution >= 4 is 27.8 Å². The third kappa shape index (κ3) is 12.7. The molecular weight excluding hydrogens is 373 g/mol. The first kappa shape index (κ1) is 29.2. The molecule has 0 bridgehead atoms. The van der Waals surface area contributed by atoms with E-state index in [1.54, 1.807) is 0 Å². The topological polar surface area (TPSA) is 125 Å². The van der Waals surface area contributed by atoms with Crippen molar-refractivity contribution in [3.63, 3.8) is 0 Å². The third-order valence-corrected chi connectivity index (χ3v) is 4.48. The number of esters is 1. The summed E-state index contributed by atoms with van der Waals surface area (Å²) in [4.78, 5) is 34.8. The van der Waals surface area contributed by atoms with E-state index in [0.29, 0.717) is 0 Å². The van der Waals surface area contributed by atoms with Gasteiger partial charge in [0.2, 0.25) is 5.91 Å². The number of ether oxygens (including phenoxy) is 2. The predicted molar refractivity (Wildman–Crippen MR) is 93.9 cm³/mol. The molecule has 0 aliphatic heterocycles. The molecule has 0 fully saturated rings. The van der Waals surface area contributed by atoms with Crippen molar-refractivity contribution in [2.24, 2.45) is 0 Å². The third-order valence-electron chi connectivity index (χ3n) is 2.89. The van der Waals surface area contributed by atoms with Crippen LogP contribution in [-0.2, 0) is 38.2 Å². The first-order valence-corrected chi connectivity index (χ1v) is 8.78. The van der Waals surface area contributed by atoms with Crippen LogP contribution in [0.4, 0.5) is 4.70 Å². The second-order valence-electron chi connectivity index (χ2n) is 5.86. The highest BCUT2D eigenvalue weighted by molar-refractivity contribution is 7.86. The minimum Gasteiger partial charge on any atom is -0.453 e. The Labute approximate surface area is 154 Å². The molecule has 0 spiro atoms. The number of rotatable bonds is 11. The van der Waals surface area contributed by atoms with Crippen LogP contribution in [0.15, 0.2) is 0 Å². The van der Waals surface area contributed by atoms with E-state index in [1.165, 1.54) is 27.9 Å². The molecule has 0 aromatic rings. The summed E-state index contributed by atoms with van der Waals surface area (Å²) < 4.78 is 36.8. The van der Waals surface area contributed by atoms with E-state index >= 15 is 0 Å². The number of Topliss-reactive ketones (excluding diaryl/α,β-unsaturated/α-hetero) is 1. The molecule has 1 unspecified atom stereocenters. The Hall–Kier alpha value is -1.59. The van der Waals surface area contributed by atoms with Crippen molar-refractivity contribution in [3.05, 3.63) is 0 Å². The van der Waals surface area contributed by atoms with Gasteiger partial charge in [0.1, 0.15) is 6.61 Å². The number of hydrogen-bond acceptors (Lipinski definition) is 8. The van der Waals surface area contributed by atoms with Crippen LogP contribution in [0.1, 0.15) is 41.0 Å². The first-order chi connectivity index (χ1) is 10.9. The van der Waals surface area contributed by atoms with E-state index in [2.05, 4.69) is 14.2 Å². The number of ketones is 1. The molecule has 0 aliphatic rings. The fraction of sp³-hybridized carbons (Fsp3) is 0.800. The molecule has 0 aromatic heterocycles. The fourth-order valence-electron chi connectivity index (χ4n) is 1.89. The van der Waals surface area contributed by atoms with Crippen molar-refractivity contribution in [1.82, 2.24) is 5.32 Å². The van der Waals surface area contributed by atoms with Crippen molar-refractivity contribution < 1.29 is 41.2 Å². The molecule has 156 valence electrons. The van der Waals surface area contributed by atoms with Gasteiger partial charge in [0.15, 0.2) is 11.9 Å². The standard InChI is InChI=1S/C14H25NO8S.CH4.FH/c1-10(16)11(23-13(18)8-21-4)6-7-12(17)15-14(2,3)9-24(19,20)22-5;;/h11H,6-9H2,1-5H3,(H,15,17);1H4;1H. The van der Waals surface area contributed by atoms with Crippen molar-refractivity contribution in [2.75, 3.05) is 26.6 Å². The van der Waals surface area contributed by atoms with E-state index in [-0.39, 0.29) is 31.6 Å². The monoisotopic (exact) mass is 403 g/mol. The number of carbonyl (C=O) groups is 3. The van der Waals surface area contributed by atoms with E-state index < -0.39 is 45.2 Å². The minimum absolute atomic E-state index is 0. The normalized spacial score (nSPS) is 12.2. The van der Waals surface area contributed by atoms with Gasteiger partial charge in [-0.15, -0.1) is 0 Å². The Kier molecular flexibility index (Phi) is 14.3. The van der Waals surface area contributed by atoms with Crippen LogP contribution in [0.2, 0.25) is 0 Å². The van der Waals surface area contributed by atoms with E-state index in [1.807, 2.05) is 0 Å². The molecule has 0 aliphatic carbocycles. The molecule has 1 atom stereocenters. The molecule has 0 rings (SSSR count). The number of methoxy groups -OCH3 is 1. The average molecular weight is 403 g/mol. The van der Waals surface area contributed by atoms with Gasteiger partial charge in [-0.2, -0.15) is 8.42 Å². The summed E-state index contributed by atoms with van der Waals surface area (Å²) in [5.41, 5.74) is -1.05. The van der Waals surface area contributed by atoms with Gasteiger partial charge in [0, 0.05) is 20.0 Å². The Bertz CT molecular complexity index is 562. The van der Waals surface area contributed by atoms with Gasteiger partial charge in [0.25, 0.3) is 10.1 Å². The number of halogens is 1. The van der Waals surface area contributed by atoms with Crippen LogP contribution >= 0.6 is 0 Å². The lowest BCUT2D eigenvalue weighted by Gasteiger charge is -2.25. The number of carbonyl (C=O) groups excluding carboxylic acids is 3. The molecule has 0 heterocycles. The van der Waals surface area contributed by atoms with Gasteiger partial charge in [-0.1, -0.05) is 7.43 Å². The van der Waals surface area contributed by atoms with Crippen molar-refractivity contribution in [1.29, 1.82) is 0 Å². The Balaban J connectivity index is -0.00000264. The lowest BCUT2D eigenvalue weighted by molar-refractivity contribution is -0.158. The van der Waals surface area contributed by atoms with E-state index in [0.717, 1.165) is 7.11 Å². The Morgan fingerprint density at radius 2 is 1.69 bits per heavy atom. The number of hydrogen-bond donors (Lipinski definition) is 1. The summed E-state index contributed by atoms with van der Waals surface area (Å²) >= 11 is 0. The summed E-state index contributed by atoms with van der Waals surface area (Å²) in [7, 11) is -1.39. The Morgan fingerprint density at radius 1 is 1.15 bits per heavy atom. The molecule has 26 heavy (non-hydrogen) atoms. The maximum Gasteiger partial charge on any atom is 0.332 e. The molecular formula is C15H30FNO8S. The molecule has 0 saturated heterocycles. The molecule has 1 N–H and O–H groups in total. The zero-order valence-corrected chi connectivity index (χ0v) is 15.8. The van der Waals surface area contributed by atoms with Gasteiger partial charge < -0.3 is 14.8 Å². The highest BCUT2D eigenvalue weighted by Crippen LogP contribution is 2.10. The molecule has 1 amide bonds. The molecule has 0 saturated carbocycles. The van der Waals surface area contributed by atoms with Crippen LogP contribution in [0.3, 0.4) is 0 Å². The quantitative estimate of drug-likeness (QED) is 0.392. The summed E-state index contributed by atoms with van der Waals surface area (Å²) in [6.45, 7) is 4.01. The van der Waals surface area contributed by atoms with Crippen LogP contribution in [0.5, 0.6) is 0 Å². The second kappa shape index (κ2) is 12.7. The minimum atomic E-state index is -3.74. The second-order valence-corrected chi connectivity index (χ2v) is 7.60. The number of nitrogens with one attached hydrogen (secondary N) is 1. The van der Waals surface area contributed by atoms with Crippen LogP contribution in [0, 0.1) is 0 Å². The van der Waals surface area contributed by atoms with Crippen LogP contribution < -0.4 is 5.32 Å². The van der Waals surface area contributed by atoms with Gasteiger partial charge in [-0.3, -0.25) is 18.5 Å². The summed E-state index contributed by atoms with van der Waals surface area (Å²) in [6, 6.07) is 0. The molecule has 0 aromatic carbocycles. The van der Waals surface area contributed by atoms with Crippen LogP contribution in [-0.4, -0.2) is 64.3 Å². The average Bonchev–Trinajstić information content (AvgIpc) is 2.41. The van der Waals surface area contributed by atoms with Gasteiger partial charge in [-0.05, 0) is 20.8 Å². The molecule has 9 nitrogen and oxygen atoms in total. The zero-order valence-electron chi connectivity index (χ0n) is 15.0. The maximum atomic E-state index is 11.9. The van der Waals surface area contributed by atoms with Gasteiger partial charge in [-0.25, -0.2) is 4.79 Å². The maximum absolute atomic E-state index is 11.9. The van der Waals surface area contributed by atoms with Crippen molar-refractivity contribution in [3.8, 4) is 0 Å². The Morgan fingerprint density at radius 3 is 2.12 bits per heavy atom. The highest BCUT2D eigenvalue weighted by Gasteiger charge is 2.28. The predicted octanol–water partition coefficient (Wildman–Crippen LogP) is 0.573. The summed E-state index contributed by atoms with van der Waals surface area (Å²) in [6.07, 6.45) is -1.17. The number of amides is 1. The van der Waals surface area contributed by atoms with Crippen LogP contribution in [0.25, 0.3) is 0 Å². The van der Waals surface area contributed by atoms with Gasteiger partial charge >= 0.3 is 5.97 Å². The smallest absolute Gasteiger partial charge is 0.332 e. The van der Waals surface area contributed by atoms with Crippen molar-refractivity contribution in [2.45, 2.75) is 52.7 Å². The largest absolute Gasteiger partial charge is 0.453 e. The molecule has 11 heteroatoms. The first-order valence-electron chi connectivity index (χ1n) is 7.20. The molecule has 0 radical (unpaired) electrons. The lowest BCUT2D eigenvalue weighted by Crippen LogP contribution is -2.48. The summed E-state index contributed by atoms with van der Waals surface area (Å²) in [5, 5.41) is 2.54.